The molecule has 3 atom stereocenters. The van der Waals surface area contributed by atoms with Gasteiger partial charge in [0, 0.05) is 17.9 Å². The fourth-order valence-corrected chi connectivity index (χ4v) is 5.08. The maximum absolute atomic E-state index is 6.44. The molecule has 1 saturated heterocycles. The molecule has 2 aromatic rings. The summed E-state index contributed by atoms with van der Waals surface area (Å²) in [4.78, 5) is 1.34. The number of rotatable bonds is 4. The lowest BCUT2D eigenvalue weighted by molar-refractivity contribution is 0.0920. The van der Waals surface area contributed by atoms with E-state index in [0.717, 1.165) is 31.6 Å². The van der Waals surface area contributed by atoms with Crippen LogP contribution in [0, 0.1) is 5.92 Å². The van der Waals surface area contributed by atoms with Gasteiger partial charge in [0.25, 0.3) is 0 Å². The van der Waals surface area contributed by atoms with Gasteiger partial charge in [-0.25, -0.2) is 5.01 Å². The van der Waals surface area contributed by atoms with E-state index in [9.17, 15) is 0 Å². The average Bonchev–Trinajstić information content (AvgIpc) is 3.03. The van der Waals surface area contributed by atoms with Crippen LogP contribution in [-0.2, 0) is 12.8 Å². The number of ether oxygens (including phenoxy) is 1. The Hall–Kier alpha value is -1.49. The highest BCUT2D eigenvalue weighted by molar-refractivity contribution is 7.98. The van der Waals surface area contributed by atoms with Gasteiger partial charge in [0.05, 0.1) is 6.04 Å². The van der Waals surface area contributed by atoms with Gasteiger partial charge >= 0.3 is 0 Å². The van der Waals surface area contributed by atoms with Crippen LogP contribution in [0.15, 0.2) is 47.4 Å². The first-order valence-electron chi connectivity index (χ1n) is 9.58. The first kappa shape index (κ1) is 17.9. The van der Waals surface area contributed by atoms with Crippen molar-refractivity contribution >= 4 is 11.8 Å². The summed E-state index contributed by atoms with van der Waals surface area (Å²) in [5, 5.41) is 2.05. The molecule has 4 rings (SSSR count). The molecule has 0 saturated carbocycles. The highest BCUT2D eigenvalue weighted by Crippen LogP contribution is 2.41. The maximum atomic E-state index is 6.44. The van der Waals surface area contributed by atoms with Crippen molar-refractivity contribution in [2.45, 2.75) is 49.6 Å². The number of hydrogen-bond acceptors (Lipinski definition) is 4. The quantitative estimate of drug-likeness (QED) is 0.632. The Balaban J connectivity index is 1.66. The van der Waals surface area contributed by atoms with E-state index in [-0.39, 0.29) is 12.1 Å². The predicted octanol–water partition coefficient (Wildman–Crippen LogP) is 4.60. The predicted molar refractivity (Wildman–Crippen MR) is 109 cm³/mol. The van der Waals surface area contributed by atoms with Gasteiger partial charge in [0.2, 0.25) is 0 Å². The van der Waals surface area contributed by atoms with E-state index in [4.69, 9.17) is 10.6 Å². The van der Waals surface area contributed by atoms with Crippen LogP contribution in [0.1, 0.15) is 42.5 Å². The normalized spacial score (nSPS) is 25.7. The fourth-order valence-electron chi connectivity index (χ4n) is 4.56. The van der Waals surface area contributed by atoms with Gasteiger partial charge in [0.15, 0.2) is 0 Å². The number of benzene rings is 2. The third-order valence-electron chi connectivity index (χ3n) is 5.70. The fraction of sp³-hybridized carbons (Fsp3) is 0.455. The third kappa shape index (κ3) is 3.51. The molecule has 0 bridgehead atoms. The van der Waals surface area contributed by atoms with Gasteiger partial charge < -0.3 is 4.74 Å². The van der Waals surface area contributed by atoms with Crippen LogP contribution in [0.5, 0.6) is 5.75 Å². The number of fused-ring (bicyclic) bond motifs is 1. The number of hydrazine groups is 1. The molecule has 1 fully saturated rings. The molecule has 2 aliphatic rings. The second kappa shape index (κ2) is 7.63. The van der Waals surface area contributed by atoms with Crippen LogP contribution in [-0.4, -0.2) is 23.9 Å². The number of nitrogens with two attached hydrogens (primary N) is 1. The largest absolute Gasteiger partial charge is 0.490 e. The molecule has 0 radical (unpaired) electrons. The lowest BCUT2D eigenvalue weighted by Gasteiger charge is -2.39. The lowest BCUT2D eigenvalue weighted by Crippen LogP contribution is -2.44. The molecule has 3 nitrogen and oxygen atoms in total. The first-order chi connectivity index (χ1) is 12.7. The first-order valence-corrected chi connectivity index (χ1v) is 10.8. The number of thioether (sulfide) groups is 1. The van der Waals surface area contributed by atoms with Crippen LogP contribution in [0.3, 0.4) is 0 Å². The van der Waals surface area contributed by atoms with Crippen molar-refractivity contribution in [1.29, 1.82) is 0 Å². The van der Waals surface area contributed by atoms with E-state index in [1.54, 1.807) is 0 Å². The van der Waals surface area contributed by atoms with Crippen molar-refractivity contribution in [3.63, 3.8) is 0 Å². The SMILES string of the molecule is CSc1cc(C[C@@H]2CCCN(N)C2c2ccccc2)c2c(c1)C[C@H](C)O2. The molecule has 2 aliphatic heterocycles. The molecule has 0 aliphatic carbocycles. The standard InChI is InChI=1S/C22H28N2OS/c1-15-11-18-13-20(26-2)14-19(22(18)25-15)12-17-9-6-10-24(23)21(17)16-7-4-3-5-8-16/h3-5,7-8,13-15,17,21H,6,9-12,23H2,1-2H3/t15-,17-,21?/m0/s1. The third-order valence-corrected chi connectivity index (χ3v) is 6.40. The van der Waals surface area contributed by atoms with Gasteiger partial charge in [0.1, 0.15) is 11.9 Å². The van der Waals surface area contributed by atoms with E-state index < -0.39 is 0 Å². The minimum atomic E-state index is 0.275. The Morgan fingerprint density at radius 3 is 2.81 bits per heavy atom. The molecule has 1 unspecified atom stereocenters. The monoisotopic (exact) mass is 368 g/mol. The van der Waals surface area contributed by atoms with Gasteiger partial charge in [-0.3, -0.25) is 5.84 Å². The Kier molecular flexibility index (Phi) is 5.25. The summed E-state index contributed by atoms with van der Waals surface area (Å²) in [6, 6.07) is 15.6. The summed E-state index contributed by atoms with van der Waals surface area (Å²) >= 11 is 1.82. The van der Waals surface area contributed by atoms with E-state index in [2.05, 4.69) is 55.6 Å². The smallest absolute Gasteiger partial charge is 0.126 e. The van der Waals surface area contributed by atoms with Crippen LogP contribution in [0.25, 0.3) is 0 Å². The molecule has 2 heterocycles. The molecular weight excluding hydrogens is 340 g/mol. The molecule has 138 valence electrons. The van der Waals surface area contributed by atoms with Crippen molar-refractivity contribution in [3.05, 3.63) is 59.2 Å². The Morgan fingerprint density at radius 1 is 1.23 bits per heavy atom. The topological polar surface area (TPSA) is 38.5 Å². The van der Waals surface area contributed by atoms with E-state index >= 15 is 0 Å². The number of hydrogen-bond donors (Lipinski definition) is 1. The molecule has 4 heteroatoms. The molecule has 0 amide bonds. The zero-order valence-corrected chi connectivity index (χ0v) is 16.5. The minimum absolute atomic E-state index is 0.275. The van der Waals surface area contributed by atoms with Crippen molar-refractivity contribution in [1.82, 2.24) is 5.01 Å². The molecule has 0 spiro atoms. The van der Waals surface area contributed by atoms with Gasteiger partial charge in [-0.2, -0.15) is 0 Å². The Bertz CT molecular complexity index is 764. The van der Waals surface area contributed by atoms with Gasteiger partial charge in [-0.1, -0.05) is 30.3 Å². The second-order valence-electron chi connectivity index (χ2n) is 7.61. The zero-order valence-electron chi connectivity index (χ0n) is 15.7. The summed E-state index contributed by atoms with van der Waals surface area (Å²) < 4.78 is 6.19. The Morgan fingerprint density at radius 2 is 2.04 bits per heavy atom. The van der Waals surface area contributed by atoms with E-state index in [1.165, 1.54) is 28.0 Å². The second-order valence-corrected chi connectivity index (χ2v) is 8.49. The zero-order chi connectivity index (χ0) is 18.1. The van der Waals surface area contributed by atoms with Gasteiger partial charge in [-0.15, -0.1) is 11.8 Å². The average molecular weight is 369 g/mol. The summed E-state index contributed by atoms with van der Waals surface area (Å²) in [5.41, 5.74) is 4.06. The van der Waals surface area contributed by atoms with Crippen LogP contribution in [0.4, 0.5) is 0 Å². The lowest BCUT2D eigenvalue weighted by atomic mass is 9.81. The molecule has 26 heavy (non-hydrogen) atoms. The summed E-state index contributed by atoms with van der Waals surface area (Å²) in [7, 11) is 0. The minimum Gasteiger partial charge on any atom is -0.490 e. The summed E-state index contributed by atoms with van der Waals surface area (Å²) in [6.07, 6.45) is 6.85. The highest BCUT2D eigenvalue weighted by Gasteiger charge is 2.33. The molecule has 2 N–H and O–H groups in total. The van der Waals surface area contributed by atoms with Crippen LogP contribution < -0.4 is 10.6 Å². The summed E-state index contributed by atoms with van der Waals surface area (Å²) in [5.74, 6) is 8.09. The maximum Gasteiger partial charge on any atom is 0.126 e. The van der Waals surface area contributed by atoms with Crippen LogP contribution >= 0.6 is 11.8 Å². The molecule has 2 aromatic carbocycles. The van der Waals surface area contributed by atoms with E-state index in [1.807, 2.05) is 16.8 Å². The van der Waals surface area contributed by atoms with Crippen molar-refractivity contribution in [2.24, 2.45) is 11.8 Å². The van der Waals surface area contributed by atoms with Crippen molar-refractivity contribution < 1.29 is 4.74 Å². The summed E-state index contributed by atoms with van der Waals surface area (Å²) in [6.45, 7) is 3.13. The Labute approximate surface area is 160 Å². The van der Waals surface area contributed by atoms with Crippen molar-refractivity contribution in [3.8, 4) is 5.75 Å². The van der Waals surface area contributed by atoms with Crippen molar-refractivity contribution in [2.75, 3.05) is 12.8 Å². The van der Waals surface area contributed by atoms with E-state index in [0.29, 0.717) is 5.92 Å². The number of nitrogens with zero attached hydrogens (tertiary/aromatic N) is 1. The van der Waals surface area contributed by atoms with Gasteiger partial charge in [-0.05, 0) is 67.2 Å². The molecule has 0 aromatic heterocycles. The highest BCUT2D eigenvalue weighted by atomic mass is 32.2. The molecular formula is C22H28N2OS. The van der Waals surface area contributed by atoms with Crippen LogP contribution in [0.2, 0.25) is 0 Å². The number of piperidine rings is 1.